The van der Waals surface area contributed by atoms with Crippen molar-refractivity contribution < 1.29 is 23.9 Å². The highest BCUT2D eigenvalue weighted by atomic mass is 35.5. The minimum Gasteiger partial charge on any atom is -0.370 e. The molecule has 0 spiro atoms. The summed E-state index contributed by atoms with van der Waals surface area (Å²) in [6, 6.07) is 13.2. The van der Waals surface area contributed by atoms with Crippen molar-refractivity contribution >= 4 is 57.9 Å². The van der Waals surface area contributed by atoms with Gasteiger partial charge in [-0.25, -0.2) is 0 Å². The van der Waals surface area contributed by atoms with Crippen molar-refractivity contribution in [1.29, 1.82) is 0 Å². The van der Waals surface area contributed by atoms with Crippen molar-refractivity contribution in [2.75, 3.05) is 37.0 Å². The van der Waals surface area contributed by atoms with Crippen LogP contribution in [0.3, 0.4) is 0 Å². The number of benzene rings is 2. The van der Waals surface area contributed by atoms with Crippen LogP contribution in [0.2, 0.25) is 5.02 Å². The van der Waals surface area contributed by atoms with E-state index in [2.05, 4.69) is 16.0 Å². The number of carbonyl (C=O) groups excluding carboxylic acids is 4. The summed E-state index contributed by atoms with van der Waals surface area (Å²) in [6.45, 7) is 0.972. The van der Waals surface area contributed by atoms with Crippen molar-refractivity contribution in [3.63, 3.8) is 0 Å². The molecule has 4 rings (SSSR count). The number of hydrogen-bond donors (Lipinski definition) is 3. The molecule has 9 nitrogen and oxygen atoms in total. The van der Waals surface area contributed by atoms with Gasteiger partial charge in [0.15, 0.2) is 0 Å². The van der Waals surface area contributed by atoms with E-state index in [1.807, 2.05) is 0 Å². The first-order valence-electron chi connectivity index (χ1n) is 11.0. The summed E-state index contributed by atoms with van der Waals surface area (Å²) in [5.74, 6) is -1.33. The number of thiophene rings is 1. The minimum atomic E-state index is -0.444. The van der Waals surface area contributed by atoms with Gasteiger partial charge in [0.1, 0.15) is 11.5 Å². The Morgan fingerprint density at radius 2 is 1.83 bits per heavy atom. The highest BCUT2D eigenvalue weighted by molar-refractivity contribution is 7.12. The zero-order valence-corrected chi connectivity index (χ0v) is 20.9. The number of carbonyl (C=O) groups is 4. The molecule has 0 saturated carbocycles. The molecule has 1 saturated heterocycles. The molecule has 2 heterocycles. The van der Waals surface area contributed by atoms with Gasteiger partial charge in [-0.1, -0.05) is 23.7 Å². The predicted molar refractivity (Wildman–Crippen MR) is 138 cm³/mol. The van der Waals surface area contributed by atoms with E-state index in [1.54, 1.807) is 58.8 Å². The number of nitrogens with zero attached hydrogens (tertiary/aromatic N) is 1. The number of nitrogens with one attached hydrogen (secondary N) is 3. The molecular formula is C25H23ClN4O5S. The van der Waals surface area contributed by atoms with Gasteiger partial charge in [0.25, 0.3) is 23.6 Å². The van der Waals surface area contributed by atoms with Crippen LogP contribution in [-0.4, -0.2) is 50.4 Å². The molecule has 0 atom stereocenters. The molecule has 2 aromatic carbocycles. The molecule has 3 aromatic rings. The summed E-state index contributed by atoms with van der Waals surface area (Å²) in [7, 11) is 1.49. The zero-order chi connectivity index (χ0) is 25.7. The molecule has 1 fully saturated rings. The van der Waals surface area contributed by atoms with Gasteiger partial charge < -0.3 is 25.6 Å². The van der Waals surface area contributed by atoms with Gasteiger partial charge in [-0.15, -0.1) is 11.3 Å². The van der Waals surface area contributed by atoms with Gasteiger partial charge in [-0.3, -0.25) is 19.2 Å². The lowest BCUT2D eigenvalue weighted by molar-refractivity contribution is -0.125. The summed E-state index contributed by atoms with van der Waals surface area (Å²) in [5, 5.41) is 10.2. The molecule has 1 aliphatic rings. The molecule has 4 amide bonds. The van der Waals surface area contributed by atoms with Crippen molar-refractivity contribution in [3.8, 4) is 0 Å². The molecule has 0 unspecified atom stereocenters. The first kappa shape index (κ1) is 25.4. The fourth-order valence-electron chi connectivity index (χ4n) is 3.70. The summed E-state index contributed by atoms with van der Waals surface area (Å²) < 4.78 is 5.15. The van der Waals surface area contributed by atoms with Gasteiger partial charge in [0.2, 0.25) is 0 Å². The van der Waals surface area contributed by atoms with E-state index in [1.165, 1.54) is 18.4 Å². The normalized spacial score (nSPS) is 13.3. The molecule has 0 bridgehead atoms. The Morgan fingerprint density at radius 1 is 1.06 bits per heavy atom. The van der Waals surface area contributed by atoms with Gasteiger partial charge in [-0.05, 0) is 47.3 Å². The first-order chi connectivity index (χ1) is 17.4. The molecule has 0 aliphatic carbocycles. The van der Waals surface area contributed by atoms with E-state index in [9.17, 15) is 19.2 Å². The molecular weight excluding hydrogens is 504 g/mol. The Morgan fingerprint density at radius 3 is 2.50 bits per heavy atom. The van der Waals surface area contributed by atoms with Crippen molar-refractivity contribution in [2.24, 2.45) is 0 Å². The Bertz CT molecular complexity index is 1310. The predicted octanol–water partition coefficient (Wildman–Crippen LogP) is 3.31. The van der Waals surface area contributed by atoms with Gasteiger partial charge in [0, 0.05) is 31.4 Å². The molecule has 0 radical (unpaired) electrons. The lowest BCUT2D eigenvalue weighted by Crippen LogP contribution is -2.41. The average molecular weight is 527 g/mol. The summed E-state index contributed by atoms with van der Waals surface area (Å²) in [4.78, 5) is 52.2. The third-order valence-corrected chi connectivity index (χ3v) is 6.89. The van der Waals surface area contributed by atoms with Crippen LogP contribution in [-0.2, 0) is 16.1 Å². The largest absolute Gasteiger partial charge is 0.370 e. The average Bonchev–Trinajstić information content (AvgIpc) is 3.33. The third-order valence-electron chi connectivity index (χ3n) is 5.55. The highest BCUT2D eigenvalue weighted by Gasteiger charge is 2.22. The van der Waals surface area contributed by atoms with E-state index < -0.39 is 5.91 Å². The quantitative estimate of drug-likeness (QED) is 0.437. The number of anilines is 2. The Hall–Kier alpha value is -3.73. The van der Waals surface area contributed by atoms with Crippen LogP contribution in [0.4, 0.5) is 11.4 Å². The monoisotopic (exact) mass is 526 g/mol. The van der Waals surface area contributed by atoms with Gasteiger partial charge >= 0.3 is 0 Å². The van der Waals surface area contributed by atoms with Crippen LogP contribution in [0.15, 0.2) is 53.9 Å². The van der Waals surface area contributed by atoms with Crippen molar-refractivity contribution in [2.45, 2.75) is 6.54 Å². The maximum atomic E-state index is 13.1. The van der Waals surface area contributed by atoms with Crippen LogP contribution in [0, 0.1) is 0 Å². The minimum absolute atomic E-state index is 0.0243. The molecule has 186 valence electrons. The van der Waals surface area contributed by atoms with Crippen LogP contribution < -0.4 is 20.9 Å². The lowest BCUT2D eigenvalue weighted by Gasteiger charge is -2.26. The number of rotatable bonds is 7. The van der Waals surface area contributed by atoms with E-state index in [0.29, 0.717) is 39.9 Å². The standard InChI is InChI=1S/C25H23ClN4O5S/c1-27-24(33)18-4-2-3-16(13-28-25(34)22-19(26)9-12-36-22)21(18)29-23(32)15-5-7-17(8-6-15)30-10-11-35-14-20(30)31/h2-9,12H,10-11,13-14H2,1H3,(H,27,33)(H,28,34)(H,29,32). The molecule has 1 aromatic heterocycles. The van der Waals surface area contributed by atoms with Crippen LogP contribution in [0.25, 0.3) is 0 Å². The maximum absolute atomic E-state index is 13.1. The second-order valence-corrected chi connectivity index (χ2v) is 9.12. The summed E-state index contributed by atoms with van der Waals surface area (Å²) >= 11 is 7.27. The van der Waals surface area contributed by atoms with Crippen molar-refractivity contribution in [1.82, 2.24) is 10.6 Å². The number of para-hydroxylation sites is 1. The Labute approximate surface area is 216 Å². The van der Waals surface area contributed by atoms with E-state index in [4.69, 9.17) is 16.3 Å². The molecule has 36 heavy (non-hydrogen) atoms. The second-order valence-electron chi connectivity index (χ2n) is 7.80. The molecule has 11 heteroatoms. The highest BCUT2D eigenvalue weighted by Crippen LogP contribution is 2.25. The third kappa shape index (κ3) is 5.56. The maximum Gasteiger partial charge on any atom is 0.263 e. The summed E-state index contributed by atoms with van der Waals surface area (Å²) in [6.07, 6.45) is 0. The second kappa shape index (κ2) is 11.3. The molecule has 1 aliphatic heterocycles. The van der Waals surface area contributed by atoms with E-state index in [0.717, 1.165) is 0 Å². The van der Waals surface area contributed by atoms with Crippen molar-refractivity contribution in [3.05, 3.63) is 80.5 Å². The zero-order valence-electron chi connectivity index (χ0n) is 19.3. The number of halogens is 1. The van der Waals surface area contributed by atoms with Crippen LogP contribution in [0.5, 0.6) is 0 Å². The van der Waals surface area contributed by atoms with Crippen LogP contribution in [0.1, 0.15) is 36.0 Å². The lowest BCUT2D eigenvalue weighted by atomic mass is 10.0. The van der Waals surface area contributed by atoms with Gasteiger partial charge in [0.05, 0.1) is 22.9 Å². The Kier molecular flexibility index (Phi) is 7.99. The molecule has 3 N–H and O–H groups in total. The van der Waals surface area contributed by atoms with E-state index >= 15 is 0 Å². The number of ether oxygens (including phenoxy) is 1. The SMILES string of the molecule is CNC(=O)c1cccc(CNC(=O)c2sccc2Cl)c1NC(=O)c1ccc(N2CCOCC2=O)cc1. The fraction of sp³-hybridized carbons (Fsp3) is 0.200. The summed E-state index contributed by atoms with van der Waals surface area (Å²) in [5.41, 5.74) is 2.09. The topological polar surface area (TPSA) is 117 Å². The smallest absolute Gasteiger partial charge is 0.263 e. The number of hydrogen-bond acceptors (Lipinski definition) is 6. The first-order valence-corrected chi connectivity index (χ1v) is 12.3. The number of morpholine rings is 1. The number of amides is 4. The Balaban J connectivity index is 1.55. The fourth-order valence-corrected chi connectivity index (χ4v) is 4.76. The van der Waals surface area contributed by atoms with E-state index in [-0.39, 0.29) is 42.1 Å². The van der Waals surface area contributed by atoms with Crippen LogP contribution >= 0.6 is 22.9 Å². The van der Waals surface area contributed by atoms with Gasteiger partial charge in [-0.2, -0.15) is 0 Å².